The second kappa shape index (κ2) is 9.39. The summed E-state index contributed by atoms with van der Waals surface area (Å²) in [5.74, 6) is -4.14. The van der Waals surface area contributed by atoms with Gasteiger partial charge in [-0.2, -0.15) is 13.2 Å². The summed E-state index contributed by atoms with van der Waals surface area (Å²) in [5, 5.41) is 7.83. The molecule has 0 spiro atoms. The predicted octanol–water partition coefficient (Wildman–Crippen LogP) is 6.07. The van der Waals surface area contributed by atoms with Gasteiger partial charge in [0.2, 0.25) is 5.91 Å². The number of amides is 3. The molecule has 38 heavy (non-hydrogen) atoms. The summed E-state index contributed by atoms with van der Waals surface area (Å²) in [4.78, 5) is 38.3. The monoisotopic (exact) mass is 549 g/mol. The number of rotatable bonds is 5. The van der Waals surface area contributed by atoms with Gasteiger partial charge in [-0.05, 0) is 61.4 Å². The molecule has 0 aromatic heterocycles. The van der Waals surface area contributed by atoms with E-state index in [1.165, 1.54) is 18.2 Å². The molecule has 1 fully saturated rings. The van der Waals surface area contributed by atoms with E-state index in [9.17, 15) is 36.3 Å². The molecule has 5 rings (SSSR count). The predicted molar refractivity (Wildman–Crippen MR) is 128 cm³/mol. The van der Waals surface area contributed by atoms with Gasteiger partial charge in [0.1, 0.15) is 11.6 Å². The first kappa shape index (κ1) is 25.7. The minimum absolute atomic E-state index is 0.0226. The third-order valence-electron chi connectivity index (χ3n) is 6.21. The molecule has 1 heterocycles. The number of fused-ring (bicyclic) bond motifs is 1. The molecule has 12 heteroatoms. The van der Waals surface area contributed by atoms with Crippen molar-refractivity contribution in [2.75, 3.05) is 10.6 Å². The van der Waals surface area contributed by atoms with E-state index >= 15 is 0 Å². The third kappa shape index (κ3) is 5.06. The average molecular weight is 550 g/mol. The Bertz CT molecular complexity index is 1500. The van der Waals surface area contributed by atoms with Gasteiger partial charge in [-0.1, -0.05) is 11.6 Å². The van der Waals surface area contributed by atoms with Gasteiger partial charge in [0.15, 0.2) is 0 Å². The summed E-state index contributed by atoms with van der Waals surface area (Å²) in [7, 11) is 0. The van der Waals surface area contributed by atoms with Crippen LogP contribution >= 0.6 is 11.6 Å². The Morgan fingerprint density at radius 2 is 1.68 bits per heavy atom. The molecule has 1 atom stereocenters. The highest BCUT2D eigenvalue weighted by Crippen LogP contribution is 2.42. The van der Waals surface area contributed by atoms with Crippen LogP contribution in [0.3, 0.4) is 0 Å². The van der Waals surface area contributed by atoms with Crippen molar-refractivity contribution in [1.29, 1.82) is 0 Å². The van der Waals surface area contributed by atoms with Crippen molar-refractivity contribution in [2.45, 2.75) is 25.1 Å². The number of anilines is 2. The highest BCUT2D eigenvalue weighted by Gasteiger charge is 2.36. The van der Waals surface area contributed by atoms with Crippen molar-refractivity contribution in [3.05, 3.63) is 93.0 Å². The molecule has 0 saturated heterocycles. The maximum atomic E-state index is 14.1. The maximum absolute atomic E-state index is 14.1. The number of carbonyl (C=O) groups excluding carboxylic acids is 3. The number of halogens is 6. The lowest BCUT2D eigenvalue weighted by Gasteiger charge is -2.19. The van der Waals surface area contributed by atoms with Crippen LogP contribution in [0.4, 0.5) is 33.3 Å². The van der Waals surface area contributed by atoms with Gasteiger partial charge in [-0.15, -0.1) is 0 Å². The topological polar surface area (TPSA) is 87.3 Å². The van der Waals surface area contributed by atoms with E-state index in [0.717, 1.165) is 12.1 Å². The molecule has 3 amide bonds. The summed E-state index contributed by atoms with van der Waals surface area (Å²) >= 11 is 6.25. The van der Waals surface area contributed by atoms with Crippen LogP contribution in [-0.4, -0.2) is 17.7 Å². The Kier molecular flexibility index (Phi) is 6.34. The van der Waals surface area contributed by atoms with Crippen LogP contribution in [0.25, 0.3) is 0 Å². The Morgan fingerprint density at radius 1 is 0.947 bits per heavy atom. The van der Waals surface area contributed by atoms with Gasteiger partial charge in [-0.25, -0.2) is 8.78 Å². The zero-order chi connectivity index (χ0) is 27.4. The summed E-state index contributed by atoms with van der Waals surface area (Å²) in [6, 6.07) is 6.53. The zero-order valence-corrected chi connectivity index (χ0v) is 19.9. The first-order chi connectivity index (χ1) is 17.9. The van der Waals surface area contributed by atoms with E-state index in [-0.39, 0.29) is 51.0 Å². The van der Waals surface area contributed by atoms with Crippen LogP contribution in [0.15, 0.2) is 48.5 Å². The average Bonchev–Trinajstić information content (AvgIpc) is 3.64. The second-order valence-electron chi connectivity index (χ2n) is 9.00. The molecule has 1 unspecified atom stereocenters. The van der Waals surface area contributed by atoms with Gasteiger partial charge in [0.25, 0.3) is 11.8 Å². The Morgan fingerprint density at radius 3 is 2.37 bits per heavy atom. The Balaban J connectivity index is 1.59. The lowest BCUT2D eigenvalue weighted by Crippen LogP contribution is -2.21. The normalized spacial score (nSPS) is 16.6. The molecule has 0 bridgehead atoms. The molecule has 6 nitrogen and oxygen atoms in total. The highest BCUT2D eigenvalue weighted by atomic mass is 35.5. The molecule has 3 aromatic rings. The largest absolute Gasteiger partial charge is 0.416 e. The van der Waals surface area contributed by atoms with E-state index in [1.54, 1.807) is 0 Å². The van der Waals surface area contributed by atoms with Crippen molar-refractivity contribution < 1.29 is 36.3 Å². The molecular formula is C26H17ClF5N3O3. The number of hydrogen-bond acceptors (Lipinski definition) is 3. The SMILES string of the molecule is O=C(Nc1cc(NC(=O)C2CC2)cc2c1C(c1cc(F)ccc1Cl)NC2=O)c1cc(F)cc(C(F)(F)F)c1. The summed E-state index contributed by atoms with van der Waals surface area (Å²) in [6.45, 7) is 0. The lowest BCUT2D eigenvalue weighted by atomic mass is 9.95. The molecule has 3 aromatic carbocycles. The van der Waals surface area contributed by atoms with Crippen molar-refractivity contribution in [3.63, 3.8) is 0 Å². The number of carbonyl (C=O) groups is 3. The van der Waals surface area contributed by atoms with Crippen molar-refractivity contribution in [1.82, 2.24) is 5.32 Å². The first-order valence-corrected chi connectivity index (χ1v) is 11.7. The van der Waals surface area contributed by atoms with Crippen LogP contribution in [0.2, 0.25) is 5.02 Å². The van der Waals surface area contributed by atoms with E-state index < -0.39 is 46.8 Å². The second-order valence-corrected chi connectivity index (χ2v) is 9.41. The van der Waals surface area contributed by atoms with E-state index in [1.807, 2.05) is 0 Å². The minimum atomic E-state index is -4.90. The molecule has 3 N–H and O–H groups in total. The fourth-order valence-electron chi connectivity index (χ4n) is 4.25. The summed E-state index contributed by atoms with van der Waals surface area (Å²) in [6.07, 6.45) is -3.51. The van der Waals surface area contributed by atoms with Crippen LogP contribution in [0.5, 0.6) is 0 Å². The fraction of sp³-hybridized carbons (Fsp3) is 0.192. The minimum Gasteiger partial charge on any atom is -0.341 e. The number of benzene rings is 3. The molecule has 1 aliphatic heterocycles. The van der Waals surface area contributed by atoms with E-state index in [0.29, 0.717) is 25.0 Å². The Labute approximate surface area is 217 Å². The summed E-state index contributed by atoms with van der Waals surface area (Å²) < 4.78 is 67.6. The lowest BCUT2D eigenvalue weighted by molar-refractivity contribution is -0.137. The quantitative estimate of drug-likeness (QED) is 0.338. The van der Waals surface area contributed by atoms with Crippen LogP contribution in [0, 0.1) is 17.6 Å². The molecule has 196 valence electrons. The van der Waals surface area contributed by atoms with Crippen molar-refractivity contribution in [2.24, 2.45) is 5.92 Å². The van der Waals surface area contributed by atoms with Gasteiger partial charge in [0.05, 0.1) is 11.6 Å². The number of hydrogen-bond donors (Lipinski definition) is 3. The van der Waals surface area contributed by atoms with Crippen LogP contribution in [0.1, 0.15) is 56.3 Å². The highest BCUT2D eigenvalue weighted by molar-refractivity contribution is 6.31. The first-order valence-electron chi connectivity index (χ1n) is 11.3. The Hall–Kier alpha value is -3.99. The number of nitrogens with one attached hydrogen (secondary N) is 3. The van der Waals surface area contributed by atoms with Gasteiger partial charge in [-0.3, -0.25) is 14.4 Å². The molecule has 1 saturated carbocycles. The smallest absolute Gasteiger partial charge is 0.341 e. The van der Waals surface area contributed by atoms with Crippen molar-refractivity contribution in [3.8, 4) is 0 Å². The van der Waals surface area contributed by atoms with Crippen LogP contribution in [-0.2, 0) is 11.0 Å². The van der Waals surface area contributed by atoms with Gasteiger partial charge in [0, 0.05) is 44.6 Å². The molecule has 2 aliphatic rings. The van der Waals surface area contributed by atoms with Crippen molar-refractivity contribution >= 4 is 40.7 Å². The summed E-state index contributed by atoms with van der Waals surface area (Å²) in [5.41, 5.74) is -1.58. The van der Waals surface area contributed by atoms with E-state index in [4.69, 9.17) is 11.6 Å². The van der Waals surface area contributed by atoms with E-state index in [2.05, 4.69) is 16.0 Å². The zero-order valence-electron chi connectivity index (χ0n) is 19.2. The van der Waals surface area contributed by atoms with Gasteiger partial charge >= 0.3 is 6.18 Å². The molecule has 0 radical (unpaired) electrons. The van der Waals surface area contributed by atoms with Crippen LogP contribution < -0.4 is 16.0 Å². The third-order valence-corrected chi connectivity index (χ3v) is 6.55. The van der Waals surface area contributed by atoms with Gasteiger partial charge < -0.3 is 16.0 Å². The standard InChI is InChI=1S/C26H17ClF5N3O3/c27-19-4-3-14(28)8-17(19)22-21-18(25(38)35-22)9-16(33-23(36)11-1-2-11)10-20(21)34-24(37)12-5-13(26(30,31)32)7-15(29)6-12/h3-11,22H,1-2H2,(H,33,36)(H,34,37)(H,35,38). The molecular weight excluding hydrogens is 533 g/mol. The number of alkyl halides is 3. The maximum Gasteiger partial charge on any atom is 0.416 e. The fourth-order valence-corrected chi connectivity index (χ4v) is 4.47. The molecule has 1 aliphatic carbocycles.